The number of ether oxygens (including phenoxy) is 3. The molecular weight excluding hydrogens is 514 g/mol. The molecule has 2 aromatic rings. The second-order valence-electron chi connectivity index (χ2n) is 13.0. The van der Waals surface area contributed by atoms with Gasteiger partial charge in [-0.15, -0.1) is 0 Å². The highest BCUT2D eigenvalue weighted by Gasteiger charge is 2.38. The van der Waals surface area contributed by atoms with Crippen molar-refractivity contribution < 1.29 is 23.8 Å². The Labute approximate surface area is 245 Å². The van der Waals surface area contributed by atoms with Crippen molar-refractivity contribution in [2.24, 2.45) is 0 Å². The van der Waals surface area contributed by atoms with Crippen LogP contribution in [0.3, 0.4) is 0 Å². The van der Waals surface area contributed by atoms with E-state index in [0.717, 1.165) is 71.4 Å². The molecule has 0 aromatic heterocycles. The van der Waals surface area contributed by atoms with Crippen LogP contribution >= 0.6 is 0 Å². The number of amides is 1. The molecular formula is C35H47NO5. The molecule has 2 aromatic carbocycles. The Kier molecular flexibility index (Phi) is 8.52. The van der Waals surface area contributed by atoms with E-state index >= 15 is 0 Å². The van der Waals surface area contributed by atoms with Crippen LogP contribution in [-0.2, 0) is 38.4 Å². The van der Waals surface area contributed by atoms with Gasteiger partial charge in [0, 0.05) is 18.2 Å². The highest BCUT2D eigenvalue weighted by molar-refractivity contribution is 5.89. The first-order valence-electron chi connectivity index (χ1n) is 15.6. The predicted octanol–water partition coefficient (Wildman–Crippen LogP) is 7.24. The van der Waals surface area contributed by atoms with Crippen molar-refractivity contribution in [1.82, 2.24) is 4.90 Å². The predicted molar refractivity (Wildman–Crippen MR) is 161 cm³/mol. The zero-order valence-corrected chi connectivity index (χ0v) is 26.1. The maximum atomic E-state index is 13.6. The van der Waals surface area contributed by atoms with E-state index in [1.165, 1.54) is 36.0 Å². The van der Waals surface area contributed by atoms with E-state index < -0.39 is 17.7 Å². The molecule has 2 heterocycles. The third kappa shape index (κ3) is 5.77. The molecule has 5 rings (SSSR count). The standard InChI is InChI=1S/C35H47NO5/c1-8-39-34(38)33(41-35(5,6)7)32-22(3)27-19-30(37)36(24-13-10-9-11-14-24)20-28(27)23(4)31(32)26-16-17-29-25(21(26)2)15-12-18-40-29/h16-17,24,33H,8-15,18-20H2,1-7H3/t33-/m0/s1. The second-order valence-corrected chi connectivity index (χ2v) is 13.0. The van der Waals surface area contributed by atoms with Crippen molar-refractivity contribution in [3.05, 3.63) is 51.1 Å². The number of carbonyl (C=O) groups is 2. The van der Waals surface area contributed by atoms with Gasteiger partial charge in [0.15, 0.2) is 6.10 Å². The topological polar surface area (TPSA) is 65.1 Å². The Morgan fingerprint density at radius 3 is 2.41 bits per heavy atom. The molecule has 2 aliphatic heterocycles. The summed E-state index contributed by atoms with van der Waals surface area (Å²) in [5.74, 6) is 0.751. The number of fused-ring (bicyclic) bond motifs is 2. The summed E-state index contributed by atoms with van der Waals surface area (Å²) in [5.41, 5.74) is 9.15. The van der Waals surface area contributed by atoms with Crippen LogP contribution in [0.25, 0.3) is 11.1 Å². The zero-order chi connectivity index (χ0) is 29.5. The maximum Gasteiger partial charge on any atom is 0.339 e. The van der Waals surface area contributed by atoms with Crippen molar-refractivity contribution in [3.8, 4) is 16.9 Å². The number of benzene rings is 2. The Hall–Kier alpha value is -2.86. The van der Waals surface area contributed by atoms with Gasteiger partial charge in [0.05, 0.1) is 25.2 Å². The number of hydrogen-bond donors (Lipinski definition) is 0. The van der Waals surface area contributed by atoms with Gasteiger partial charge in [-0.05, 0) is 125 Å². The van der Waals surface area contributed by atoms with Gasteiger partial charge in [0.2, 0.25) is 5.91 Å². The molecule has 6 heteroatoms. The van der Waals surface area contributed by atoms with Gasteiger partial charge in [-0.1, -0.05) is 25.3 Å². The molecule has 0 bridgehead atoms. The van der Waals surface area contributed by atoms with Gasteiger partial charge in [0.25, 0.3) is 0 Å². The lowest BCUT2D eigenvalue weighted by Crippen LogP contribution is -2.45. The van der Waals surface area contributed by atoms with Crippen LogP contribution in [0.1, 0.15) is 111 Å². The minimum absolute atomic E-state index is 0.192. The lowest BCUT2D eigenvalue weighted by Gasteiger charge is -2.40. The summed E-state index contributed by atoms with van der Waals surface area (Å²) in [6.45, 7) is 15.7. The quantitative estimate of drug-likeness (QED) is 0.348. The SMILES string of the molecule is CCOC(=O)[C@@H](OC(C)(C)C)c1c(C)c2c(c(C)c1-c1ccc3c(c1C)CCCO3)CN(C1CCCCC1)C(=O)C2. The molecule has 1 saturated carbocycles. The summed E-state index contributed by atoms with van der Waals surface area (Å²) < 4.78 is 18.1. The first-order chi connectivity index (χ1) is 19.5. The molecule has 1 aliphatic carbocycles. The summed E-state index contributed by atoms with van der Waals surface area (Å²) in [7, 11) is 0. The average Bonchev–Trinajstić information content (AvgIpc) is 2.94. The molecule has 222 valence electrons. The first kappa shape index (κ1) is 29.6. The summed E-state index contributed by atoms with van der Waals surface area (Å²) >= 11 is 0. The third-order valence-corrected chi connectivity index (χ3v) is 9.20. The molecule has 0 spiro atoms. The molecule has 0 unspecified atom stereocenters. The Bertz CT molecular complexity index is 1330. The fourth-order valence-corrected chi connectivity index (χ4v) is 7.20. The van der Waals surface area contributed by atoms with E-state index in [0.29, 0.717) is 19.0 Å². The average molecular weight is 562 g/mol. The van der Waals surface area contributed by atoms with Gasteiger partial charge >= 0.3 is 5.97 Å². The maximum absolute atomic E-state index is 13.6. The number of carbonyl (C=O) groups excluding carboxylic acids is 2. The van der Waals surface area contributed by atoms with Crippen molar-refractivity contribution in [2.45, 2.75) is 124 Å². The molecule has 3 aliphatic rings. The molecule has 1 atom stereocenters. The van der Waals surface area contributed by atoms with Crippen LogP contribution in [0, 0.1) is 20.8 Å². The lowest BCUT2D eigenvalue weighted by atomic mass is 9.78. The highest BCUT2D eigenvalue weighted by atomic mass is 16.6. The van der Waals surface area contributed by atoms with Gasteiger partial charge in [-0.2, -0.15) is 0 Å². The Morgan fingerprint density at radius 1 is 1.00 bits per heavy atom. The van der Waals surface area contributed by atoms with Crippen LogP contribution in [0.15, 0.2) is 12.1 Å². The molecule has 0 saturated heterocycles. The van der Waals surface area contributed by atoms with E-state index in [1.807, 2.05) is 27.7 Å². The van der Waals surface area contributed by atoms with E-state index in [9.17, 15) is 9.59 Å². The molecule has 0 N–H and O–H groups in total. The van der Waals surface area contributed by atoms with Gasteiger partial charge in [-0.25, -0.2) is 4.79 Å². The van der Waals surface area contributed by atoms with Crippen molar-refractivity contribution >= 4 is 11.9 Å². The van der Waals surface area contributed by atoms with Crippen LogP contribution < -0.4 is 4.74 Å². The van der Waals surface area contributed by atoms with Crippen molar-refractivity contribution in [3.63, 3.8) is 0 Å². The van der Waals surface area contributed by atoms with Crippen LogP contribution in [-0.4, -0.2) is 41.6 Å². The molecule has 0 radical (unpaired) electrons. The van der Waals surface area contributed by atoms with Gasteiger partial charge in [0.1, 0.15) is 5.75 Å². The molecule has 6 nitrogen and oxygen atoms in total. The summed E-state index contributed by atoms with van der Waals surface area (Å²) in [4.78, 5) is 29.4. The normalized spacial score (nSPS) is 18.4. The second kappa shape index (κ2) is 11.8. The van der Waals surface area contributed by atoms with Crippen molar-refractivity contribution in [1.29, 1.82) is 0 Å². The fraction of sp³-hybridized carbons (Fsp3) is 0.600. The van der Waals surface area contributed by atoms with Crippen LogP contribution in [0.5, 0.6) is 5.75 Å². The van der Waals surface area contributed by atoms with E-state index in [4.69, 9.17) is 14.2 Å². The van der Waals surface area contributed by atoms with Gasteiger partial charge in [-0.3, -0.25) is 4.79 Å². The monoisotopic (exact) mass is 561 g/mol. The van der Waals surface area contributed by atoms with E-state index in [2.05, 4.69) is 37.8 Å². The number of esters is 1. The van der Waals surface area contributed by atoms with Gasteiger partial charge < -0.3 is 19.1 Å². The van der Waals surface area contributed by atoms with Crippen molar-refractivity contribution in [2.75, 3.05) is 13.2 Å². The molecule has 1 amide bonds. The smallest absolute Gasteiger partial charge is 0.339 e. The molecule has 1 fully saturated rings. The third-order valence-electron chi connectivity index (χ3n) is 9.20. The summed E-state index contributed by atoms with van der Waals surface area (Å²) in [6.07, 6.45) is 7.19. The molecule has 41 heavy (non-hydrogen) atoms. The fourth-order valence-electron chi connectivity index (χ4n) is 7.20. The minimum Gasteiger partial charge on any atom is -0.493 e. The highest BCUT2D eigenvalue weighted by Crippen LogP contribution is 2.46. The minimum atomic E-state index is -0.910. The number of rotatable bonds is 6. The zero-order valence-electron chi connectivity index (χ0n) is 26.1. The summed E-state index contributed by atoms with van der Waals surface area (Å²) in [5, 5.41) is 0. The number of nitrogens with zero attached hydrogens (tertiary/aromatic N) is 1. The number of hydrogen-bond acceptors (Lipinski definition) is 5. The lowest BCUT2D eigenvalue weighted by molar-refractivity contribution is -0.166. The largest absolute Gasteiger partial charge is 0.493 e. The van der Waals surface area contributed by atoms with E-state index in [-0.39, 0.29) is 12.5 Å². The van der Waals surface area contributed by atoms with Crippen LogP contribution in [0.4, 0.5) is 0 Å². The van der Waals surface area contributed by atoms with Crippen LogP contribution in [0.2, 0.25) is 0 Å². The Balaban J connectivity index is 1.75. The Morgan fingerprint density at radius 2 is 1.73 bits per heavy atom. The van der Waals surface area contributed by atoms with E-state index in [1.54, 1.807) is 0 Å². The summed E-state index contributed by atoms with van der Waals surface area (Å²) in [6, 6.07) is 4.53. The first-order valence-corrected chi connectivity index (χ1v) is 15.6.